The smallest absolute Gasteiger partial charge is 0.248 e. The second kappa shape index (κ2) is 5.12. The highest BCUT2D eigenvalue weighted by Gasteiger charge is 2.48. The van der Waals surface area contributed by atoms with Gasteiger partial charge in [-0.2, -0.15) is 0 Å². The summed E-state index contributed by atoms with van der Waals surface area (Å²) in [5.74, 6) is 0.855. The minimum atomic E-state index is -0.861. The Bertz CT molecular complexity index is 374. The number of primary amides is 1. The number of furan rings is 1. The molecule has 0 aliphatic carbocycles. The van der Waals surface area contributed by atoms with E-state index in [4.69, 9.17) is 15.3 Å². The highest BCUT2D eigenvalue weighted by atomic mass is 32.2. The Kier molecular flexibility index (Phi) is 3.76. The molecule has 0 bridgehead atoms. The molecule has 94 valence electrons. The Morgan fingerprint density at radius 2 is 2.59 bits per heavy atom. The first-order valence-electron chi connectivity index (χ1n) is 5.54. The summed E-state index contributed by atoms with van der Waals surface area (Å²) < 4.78 is 5.36. The third kappa shape index (κ3) is 2.20. The second-order valence-electron chi connectivity index (χ2n) is 3.96. The van der Waals surface area contributed by atoms with Gasteiger partial charge in [0.25, 0.3) is 0 Å². The Morgan fingerprint density at radius 1 is 1.76 bits per heavy atom. The van der Waals surface area contributed by atoms with E-state index in [0.29, 0.717) is 12.2 Å². The summed E-state index contributed by atoms with van der Waals surface area (Å²) in [5.41, 5.74) is 5.52. The van der Waals surface area contributed by atoms with Crippen LogP contribution in [0.5, 0.6) is 0 Å². The van der Waals surface area contributed by atoms with Crippen molar-refractivity contribution < 1.29 is 14.3 Å². The largest absolute Gasteiger partial charge is 0.469 e. The van der Waals surface area contributed by atoms with Gasteiger partial charge in [0.05, 0.1) is 12.2 Å². The summed E-state index contributed by atoms with van der Waals surface area (Å²) in [6.07, 6.45) is 2.00. The minimum absolute atomic E-state index is 0.0113. The molecule has 1 aliphatic heterocycles. The summed E-state index contributed by atoms with van der Waals surface area (Å²) in [6.45, 7) is 0.721. The molecule has 6 heteroatoms. The van der Waals surface area contributed by atoms with Gasteiger partial charge in [0.1, 0.15) is 5.76 Å². The highest BCUT2D eigenvalue weighted by molar-refractivity contribution is 8.01. The molecule has 1 amide bonds. The Balaban J connectivity index is 2.33. The van der Waals surface area contributed by atoms with Crippen LogP contribution in [0.3, 0.4) is 0 Å². The molecule has 4 N–H and O–H groups in total. The predicted molar refractivity (Wildman–Crippen MR) is 65.5 cm³/mol. The van der Waals surface area contributed by atoms with Crippen LogP contribution in [-0.4, -0.2) is 34.8 Å². The van der Waals surface area contributed by atoms with Crippen molar-refractivity contribution in [3.05, 3.63) is 24.2 Å². The normalized spacial score (nSPS) is 25.9. The van der Waals surface area contributed by atoms with Crippen LogP contribution in [0.4, 0.5) is 0 Å². The molecule has 5 nitrogen and oxygen atoms in total. The van der Waals surface area contributed by atoms with Gasteiger partial charge in [-0.15, -0.1) is 11.8 Å². The van der Waals surface area contributed by atoms with Crippen molar-refractivity contribution >= 4 is 17.7 Å². The van der Waals surface area contributed by atoms with Crippen LogP contribution < -0.4 is 11.1 Å². The van der Waals surface area contributed by atoms with E-state index >= 15 is 0 Å². The monoisotopic (exact) mass is 256 g/mol. The van der Waals surface area contributed by atoms with Crippen LogP contribution in [0, 0.1) is 0 Å². The standard InChI is InChI=1S/C11H16N2O3S/c12-10(15)11(13-4-7-17-11)8(3-5-14)9-2-1-6-16-9/h1-2,6,8,13-14H,3-5,7H2,(H2,12,15). The fourth-order valence-electron chi connectivity index (χ4n) is 2.22. The first-order chi connectivity index (χ1) is 8.20. The van der Waals surface area contributed by atoms with Crippen molar-refractivity contribution in [1.82, 2.24) is 5.32 Å². The summed E-state index contributed by atoms with van der Waals surface area (Å²) in [4.78, 5) is 10.9. The number of carbonyl (C=O) groups is 1. The van der Waals surface area contributed by atoms with E-state index in [2.05, 4.69) is 5.32 Å². The van der Waals surface area contributed by atoms with Crippen molar-refractivity contribution in [2.75, 3.05) is 18.9 Å². The van der Waals surface area contributed by atoms with E-state index in [0.717, 1.165) is 12.3 Å². The van der Waals surface area contributed by atoms with Gasteiger partial charge in [0, 0.05) is 18.9 Å². The van der Waals surface area contributed by atoms with Gasteiger partial charge in [-0.3, -0.25) is 10.1 Å². The maximum atomic E-state index is 11.8. The molecule has 2 atom stereocenters. The molecular weight excluding hydrogens is 240 g/mol. The predicted octanol–water partition coefficient (Wildman–Crippen LogP) is 0.264. The Hall–Kier alpha value is -0.980. The number of aliphatic hydroxyl groups excluding tert-OH is 1. The van der Waals surface area contributed by atoms with Crippen molar-refractivity contribution in [2.24, 2.45) is 5.73 Å². The van der Waals surface area contributed by atoms with Gasteiger partial charge >= 0.3 is 0 Å². The second-order valence-corrected chi connectivity index (χ2v) is 5.30. The van der Waals surface area contributed by atoms with Gasteiger partial charge in [-0.05, 0) is 18.6 Å². The fraction of sp³-hybridized carbons (Fsp3) is 0.545. The lowest BCUT2D eigenvalue weighted by atomic mass is 9.92. The Labute approximate surface area is 104 Å². The molecule has 0 spiro atoms. The van der Waals surface area contributed by atoms with Crippen LogP contribution in [0.15, 0.2) is 22.8 Å². The molecule has 17 heavy (non-hydrogen) atoms. The van der Waals surface area contributed by atoms with E-state index in [1.807, 2.05) is 6.07 Å². The maximum Gasteiger partial charge on any atom is 0.248 e. The molecule has 0 radical (unpaired) electrons. The van der Waals surface area contributed by atoms with E-state index in [9.17, 15) is 4.79 Å². The summed E-state index contributed by atoms with van der Waals surface area (Å²) in [6, 6.07) is 3.58. The first-order valence-corrected chi connectivity index (χ1v) is 6.52. The lowest BCUT2D eigenvalue weighted by molar-refractivity contribution is -0.121. The van der Waals surface area contributed by atoms with Gasteiger partial charge in [0.2, 0.25) is 5.91 Å². The fourth-order valence-corrected chi connectivity index (χ4v) is 3.53. The van der Waals surface area contributed by atoms with Crippen LogP contribution >= 0.6 is 11.8 Å². The molecule has 1 aromatic rings. The SMILES string of the molecule is NC(=O)C1(C(CCO)c2ccco2)NCCS1. The molecule has 1 saturated heterocycles. The van der Waals surface area contributed by atoms with Crippen molar-refractivity contribution in [3.8, 4) is 0 Å². The van der Waals surface area contributed by atoms with Gasteiger partial charge < -0.3 is 15.3 Å². The topological polar surface area (TPSA) is 88.5 Å². The number of hydrogen-bond donors (Lipinski definition) is 3. The first kappa shape index (κ1) is 12.5. The van der Waals surface area contributed by atoms with Gasteiger partial charge in [-0.25, -0.2) is 0 Å². The van der Waals surface area contributed by atoms with Crippen LogP contribution in [0.2, 0.25) is 0 Å². The number of carbonyl (C=O) groups excluding carboxylic acids is 1. The van der Waals surface area contributed by atoms with E-state index < -0.39 is 10.8 Å². The third-order valence-corrected chi connectivity index (χ3v) is 4.47. The number of rotatable bonds is 5. The van der Waals surface area contributed by atoms with E-state index in [-0.39, 0.29) is 12.5 Å². The zero-order chi connectivity index (χ0) is 12.3. The Morgan fingerprint density at radius 3 is 3.06 bits per heavy atom. The van der Waals surface area contributed by atoms with Crippen molar-refractivity contribution in [3.63, 3.8) is 0 Å². The number of nitrogens with one attached hydrogen (secondary N) is 1. The number of aliphatic hydroxyl groups is 1. The average molecular weight is 256 g/mol. The summed E-state index contributed by atoms with van der Waals surface area (Å²) >= 11 is 1.49. The van der Waals surface area contributed by atoms with Crippen LogP contribution in [0.1, 0.15) is 18.1 Å². The molecular formula is C11H16N2O3S. The van der Waals surface area contributed by atoms with E-state index in [1.165, 1.54) is 11.8 Å². The molecule has 1 aromatic heterocycles. The number of hydrogen-bond acceptors (Lipinski definition) is 5. The zero-order valence-corrected chi connectivity index (χ0v) is 10.2. The minimum Gasteiger partial charge on any atom is -0.469 e. The average Bonchev–Trinajstić information content (AvgIpc) is 2.98. The summed E-state index contributed by atoms with van der Waals surface area (Å²) in [7, 11) is 0. The molecule has 1 aliphatic rings. The third-order valence-electron chi connectivity index (χ3n) is 2.98. The highest BCUT2D eigenvalue weighted by Crippen LogP contribution is 2.42. The molecule has 2 rings (SSSR count). The quantitative estimate of drug-likeness (QED) is 0.703. The lowest BCUT2D eigenvalue weighted by Gasteiger charge is -2.32. The number of amides is 1. The maximum absolute atomic E-state index is 11.8. The van der Waals surface area contributed by atoms with Crippen molar-refractivity contribution in [1.29, 1.82) is 0 Å². The van der Waals surface area contributed by atoms with Gasteiger partial charge in [-0.1, -0.05) is 0 Å². The molecule has 2 unspecified atom stereocenters. The zero-order valence-electron chi connectivity index (χ0n) is 9.39. The van der Waals surface area contributed by atoms with Crippen LogP contribution in [0.25, 0.3) is 0 Å². The molecule has 0 saturated carbocycles. The van der Waals surface area contributed by atoms with Gasteiger partial charge in [0.15, 0.2) is 4.87 Å². The number of nitrogens with two attached hydrogens (primary N) is 1. The molecule has 0 aromatic carbocycles. The summed E-state index contributed by atoms with van der Waals surface area (Å²) in [5, 5.41) is 12.3. The van der Waals surface area contributed by atoms with Crippen LogP contribution in [-0.2, 0) is 4.79 Å². The lowest BCUT2D eigenvalue weighted by Crippen LogP contribution is -2.53. The molecule has 2 heterocycles. The van der Waals surface area contributed by atoms with Crippen molar-refractivity contribution in [2.45, 2.75) is 17.2 Å². The number of thioether (sulfide) groups is 1. The van der Waals surface area contributed by atoms with E-state index in [1.54, 1.807) is 12.3 Å². The molecule has 1 fully saturated rings.